The van der Waals surface area contributed by atoms with Crippen molar-refractivity contribution in [3.8, 4) is 0 Å². The van der Waals surface area contributed by atoms with Crippen molar-refractivity contribution in [3.63, 3.8) is 0 Å². The van der Waals surface area contributed by atoms with Crippen LogP contribution in [0, 0.1) is 11.8 Å². The molecule has 0 aromatic carbocycles. The second kappa shape index (κ2) is 5.47. The summed E-state index contributed by atoms with van der Waals surface area (Å²) in [5, 5.41) is -0.567. The van der Waals surface area contributed by atoms with Crippen molar-refractivity contribution in [1.82, 2.24) is 0 Å². The van der Waals surface area contributed by atoms with Crippen molar-refractivity contribution in [2.45, 2.75) is 56.1 Å². The molecule has 0 spiro atoms. The fourth-order valence-electron chi connectivity index (χ4n) is 3.43. The van der Waals surface area contributed by atoms with Crippen LogP contribution in [0.15, 0.2) is 0 Å². The maximum Gasteiger partial charge on any atom is 0.158 e. The first-order chi connectivity index (χ1) is 8.46. The molecule has 1 saturated heterocycles. The van der Waals surface area contributed by atoms with Crippen LogP contribution in [0.1, 0.15) is 39.5 Å². The van der Waals surface area contributed by atoms with Crippen LogP contribution >= 0.6 is 0 Å². The lowest BCUT2D eigenvalue weighted by Crippen LogP contribution is -2.45. The summed E-state index contributed by atoms with van der Waals surface area (Å²) < 4.78 is 31.0. The third kappa shape index (κ3) is 2.58. The fraction of sp³-hybridized carbons (Fsp3) is 1.00. The van der Waals surface area contributed by atoms with Crippen molar-refractivity contribution < 1.29 is 13.2 Å². The van der Waals surface area contributed by atoms with Gasteiger partial charge in [0.05, 0.1) is 16.6 Å². The van der Waals surface area contributed by atoms with Crippen LogP contribution in [0.4, 0.5) is 0 Å². The van der Waals surface area contributed by atoms with Gasteiger partial charge in [-0.1, -0.05) is 13.3 Å². The molecule has 4 nitrogen and oxygen atoms in total. The summed E-state index contributed by atoms with van der Waals surface area (Å²) in [6.45, 7) is 5.07. The molecular weight excluding hydrogens is 250 g/mol. The van der Waals surface area contributed by atoms with Gasteiger partial charge in [-0.25, -0.2) is 8.42 Å². The molecule has 0 radical (unpaired) electrons. The Kier molecular flexibility index (Phi) is 4.34. The van der Waals surface area contributed by atoms with Gasteiger partial charge in [-0.3, -0.25) is 0 Å². The van der Waals surface area contributed by atoms with E-state index in [9.17, 15) is 8.42 Å². The standard InChI is InChI=1S/C13H25NO3S/c1-9-3-4-11(8-14)13(7-9)18(15,16)12-5-6-17-10(12)2/h9-13H,3-8,14H2,1-2H3. The van der Waals surface area contributed by atoms with Gasteiger partial charge in [-0.05, 0) is 44.6 Å². The van der Waals surface area contributed by atoms with Gasteiger partial charge in [0.1, 0.15) is 0 Å². The largest absolute Gasteiger partial charge is 0.377 e. The average molecular weight is 275 g/mol. The number of hydrogen-bond acceptors (Lipinski definition) is 4. The molecule has 5 unspecified atom stereocenters. The first-order valence-electron chi connectivity index (χ1n) is 7.01. The SMILES string of the molecule is CC1CCC(CN)C(S(=O)(=O)C2CCOC2C)C1. The first-order valence-corrected chi connectivity index (χ1v) is 8.62. The topological polar surface area (TPSA) is 69.4 Å². The molecule has 0 aromatic rings. The number of hydrogen-bond donors (Lipinski definition) is 1. The van der Waals surface area contributed by atoms with Gasteiger partial charge in [0, 0.05) is 6.61 Å². The molecule has 0 aromatic heterocycles. The molecule has 2 aliphatic rings. The average Bonchev–Trinajstić information content (AvgIpc) is 2.76. The Morgan fingerprint density at radius 1 is 1.17 bits per heavy atom. The van der Waals surface area contributed by atoms with Crippen LogP contribution < -0.4 is 5.73 Å². The first kappa shape index (κ1) is 14.3. The Morgan fingerprint density at radius 2 is 1.89 bits per heavy atom. The quantitative estimate of drug-likeness (QED) is 0.844. The van der Waals surface area contributed by atoms with E-state index in [-0.39, 0.29) is 22.5 Å². The maximum atomic E-state index is 12.8. The van der Waals surface area contributed by atoms with E-state index in [2.05, 4.69) is 6.92 Å². The molecule has 106 valence electrons. The Balaban J connectivity index is 2.21. The molecule has 0 amide bonds. The zero-order chi connectivity index (χ0) is 13.3. The van der Waals surface area contributed by atoms with Gasteiger partial charge in [0.15, 0.2) is 9.84 Å². The van der Waals surface area contributed by atoms with Crippen molar-refractivity contribution in [3.05, 3.63) is 0 Å². The van der Waals surface area contributed by atoms with Crippen molar-refractivity contribution in [2.24, 2.45) is 17.6 Å². The van der Waals surface area contributed by atoms with E-state index < -0.39 is 9.84 Å². The number of rotatable bonds is 3. The minimum absolute atomic E-state index is 0.138. The molecule has 1 heterocycles. The molecule has 2 rings (SSSR count). The molecule has 2 N–H and O–H groups in total. The van der Waals surface area contributed by atoms with Crippen molar-refractivity contribution in [2.75, 3.05) is 13.2 Å². The van der Waals surface area contributed by atoms with Gasteiger partial charge in [-0.15, -0.1) is 0 Å². The van der Waals surface area contributed by atoms with Gasteiger partial charge in [-0.2, -0.15) is 0 Å². The highest BCUT2D eigenvalue weighted by atomic mass is 32.2. The molecule has 1 saturated carbocycles. The summed E-state index contributed by atoms with van der Waals surface area (Å²) in [6, 6.07) is 0. The Hall–Kier alpha value is -0.130. The number of ether oxygens (including phenoxy) is 1. The second-order valence-electron chi connectivity index (χ2n) is 5.94. The normalized spacial score (nSPS) is 42.1. The van der Waals surface area contributed by atoms with Crippen LogP contribution in [0.5, 0.6) is 0 Å². The van der Waals surface area contributed by atoms with Crippen LogP contribution in [0.2, 0.25) is 0 Å². The molecule has 5 atom stereocenters. The number of sulfone groups is 1. The van der Waals surface area contributed by atoms with Gasteiger partial charge in [0.25, 0.3) is 0 Å². The third-order valence-electron chi connectivity index (χ3n) is 4.64. The van der Waals surface area contributed by atoms with Gasteiger partial charge < -0.3 is 10.5 Å². The summed E-state index contributed by atoms with van der Waals surface area (Å²) in [7, 11) is -3.11. The molecule has 0 bridgehead atoms. The highest BCUT2D eigenvalue weighted by Gasteiger charge is 2.45. The van der Waals surface area contributed by atoms with Gasteiger partial charge >= 0.3 is 0 Å². The minimum atomic E-state index is -3.11. The second-order valence-corrected chi connectivity index (χ2v) is 8.33. The lowest BCUT2D eigenvalue weighted by molar-refractivity contribution is 0.126. The summed E-state index contributed by atoms with van der Waals surface area (Å²) >= 11 is 0. The summed E-state index contributed by atoms with van der Waals surface area (Å²) in [4.78, 5) is 0. The zero-order valence-corrected chi connectivity index (χ0v) is 12.2. The Bertz CT molecular complexity index is 382. The molecule has 1 aliphatic carbocycles. The van der Waals surface area contributed by atoms with Gasteiger partial charge in [0.2, 0.25) is 0 Å². The predicted molar refractivity (Wildman–Crippen MR) is 72.1 cm³/mol. The summed E-state index contributed by atoms with van der Waals surface area (Å²) in [5.41, 5.74) is 5.77. The Labute approximate surface area is 110 Å². The summed E-state index contributed by atoms with van der Waals surface area (Å²) in [5.74, 6) is 0.629. The maximum absolute atomic E-state index is 12.8. The van der Waals surface area contributed by atoms with Crippen LogP contribution in [-0.4, -0.2) is 38.2 Å². The van der Waals surface area contributed by atoms with E-state index in [1.807, 2.05) is 6.92 Å². The molecular formula is C13H25NO3S. The highest BCUT2D eigenvalue weighted by molar-refractivity contribution is 7.92. The van der Waals surface area contributed by atoms with E-state index in [0.717, 1.165) is 19.3 Å². The lowest BCUT2D eigenvalue weighted by Gasteiger charge is -2.35. The van der Waals surface area contributed by atoms with E-state index in [0.29, 0.717) is 25.5 Å². The monoisotopic (exact) mass is 275 g/mol. The minimum Gasteiger partial charge on any atom is -0.377 e. The molecule has 5 heteroatoms. The predicted octanol–water partition coefficient (Wildman–Crippen LogP) is 1.34. The molecule has 18 heavy (non-hydrogen) atoms. The van der Waals surface area contributed by atoms with Crippen molar-refractivity contribution in [1.29, 1.82) is 0 Å². The fourth-order valence-corrected chi connectivity index (χ4v) is 6.30. The van der Waals surface area contributed by atoms with Crippen LogP contribution in [0.25, 0.3) is 0 Å². The van der Waals surface area contributed by atoms with Crippen LogP contribution in [-0.2, 0) is 14.6 Å². The molecule has 1 aliphatic heterocycles. The number of nitrogens with two attached hydrogens (primary N) is 1. The summed E-state index contributed by atoms with van der Waals surface area (Å²) in [6.07, 6.45) is 3.30. The van der Waals surface area contributed by atoms with Crippen LogP contribution in [0.3, 0.4) is 0 Å². The Morgan fingerprint density at radius 3 is 2.44 bits per heavy atom. The highest BCUT2D eigenvalue weighted by Crippen LogP contribution is 2.37. The lowest BCUT2D eigenvalue weighted by atomic mass is 9.82. The third-order valence-corrected chi connectivity index (χ3v) is 7.53. The van der Waals surface area contributed by atoms with E-state index in [4.69, 9.17) is 10.5 Å². The van der Waals surface area contributed by atoms with E-state index >= 15 is 0 Å². The molecule has 2 fully saturated rings. The smallest absolute Gasteiger partial charge is 0.158 e. The van der Waals surface area contributed by atoms with E-state index in [1.165, 1.54) is 0 Å². The van der Waals surface area contributed by atoms with Crippen molar-refractivity contribution >= 4 is 9.84 Å². The van der Waals surface area contributed by atoms with E-state index in [1.54, 1.807) is 0 Å². The zero-order valence-electron chi connectivity index (χ0n) is 11.3.